The molecular weight excluding hydrogens is 388 g/mol. The largest absolute Gasteiger partial charge is 0.307 e. The van der Waals surface area contributed by atoms with Crippen LogP contribution in [0.5, 0.6) is 0 Å². The molecular formula is C24H26N6O. The number of aromatic nitrogens is 5. The highest BCUT2D eigenvalue weighted by molar-refractivity contribution is 6.12. The molecule has 0 radical (unpaired) electrons. The first kappa shape index (κ1) is 19.5. The molecule has 0 spiro atoms. The van der Waals surface area contributed by atoms with Gasteiger partial charge >= 0.3 is 0 Å². The summed E-state index contributed by atoms with van der Waals surface area (Å²) in [5, 5.41) is 12.8. The van der Waals surface area contributed by atoms with Crippen molar-refractivity contribution in [3.63, 3.8) is 0 Å². The van der Waals surface area contributed by atoms with Crippen LogP contribution in [0.25, 0.3) is 22.3 Å². The van der Waals surface area contributed by atoms with E-state index in [1.807, 2.05) is 51.8 Å². The summed E-state index contributed by atoms with van der Waals surface area (Å²) in [5.41, 5.74) is 2.98. The van der Waals surface area contributed by atoms with Gasteiger partial charge < -0.3 is 5.32 Å². The number of anilines is 1. The van der Waals surface area contributed by atoms with E-state index in [-0.39, 0.29) is 18.0 Å². The molecule has 1 unspecified atom stereocenters. The summed E-state index contributed by atoms with van der Waals surface area (Å²) in [6.45, 7) is 6.27. The molecule has 7 nitrogen and oxygen atoms in total. The molecule has 7 heteroatoms. The van der Waals surface area contributed by atoms with Gasteiger partial charge in [0, 0.05) is 17.7 Å². The summed E-state index contributed by atoms with van der Waals surface area (Å²) in [6, 6.07) is 14.0. The molecule has 1 aliphatic rings. The van der Waals surface area contributed by atoms with Crippen molar-refractivity contribution in [3.8, 4) is 11.3 Å². The van der Waals surface area contributed by atoms with Crippen molar-refractivity contribution >= 4 is 22.8 Å². The van der Waals surface area contributed by atoms with Crippen LogP contribution in [0.1, 0.15) is 56.1 Å². The zero-order chi connectivity index (χ0) is 21.5. The quantitative estimate of drug-likeness (QED) is 0.476. The summed E-state index contributed by atoms with van der Waals surface area (Å²) >= 11 is 0. The van der Waals surface area contributed by atoms with Crippen LogP contribution in [0, 0.1) is 5.92 Å². The lowest BCUT2D eigenvalue weighted by atomic mass is 10.1. The Morgan fingerprint density at radius 1 is 1.06 bits per heavy atom. The number of nitrogens with one attached hydrogen (secondary N) is 1. The van der Waals surface area contributed by atoms with E-state index in [1.54, 1.807) is 12.4 Å². The molecule has 3 aromatic heterocycles. The molecule has 1 aliphatic carbocycles. The minimum Gasteiger partial charge on any atom is -0.307 e. The minimum absolute atomic E-state index is 0.132. The number of carbonyl (C=O) groups is 1. The van der Waals surface area contributed by atoms with Crippen LogP contribution in [0.4, 0.5) is 5.82 Å². The van der Waals surface area contributed by atoms with Gasteiger partial charge in [-0.3, -0.25) is 4.79 Å². The fraction of sp³-hybridized carbons (Fsp3) is 0.333. The molecule has 1 aromatic carbocycles. The number of pyridine rings is 1. The smallest absolute Gasteiger partial charge is 0.257 e. The Morgan fingerprint density at radius 2 is 1.84 bits per heavy atom. The molecule has 1 atom stereocenters. The number of hydrogen-bond acceptors (Lipinski definition) is 4. The first-order valence-electron chi connectivity index (χ1n) is 10.8. The molecule has 1 saturated carbocycles. The molecule has 1 amide bonds. The van der Waals surface area contributed by atoms with Crippen molar-refractivity contribution in [2.75, 3.05) is 5.32 Å². The Hall–Kier alpha value is -3.48. The van der Waals surface area contributed by atoms with Gasteiger partial charge in [0.05, 0.1) is 35.1 Å². The van der Waals surface area contributed by atoms with Gasteiger partial charge in [-0.25, -0.2) is 14.3 Å². The van der Waals surface area contributed by atoms with E-state index >= 15 is 0 Å². The van der Waals surface area contributed by atoms with E-state index in [0.717, 1.165) is 16.6 Å². The standard InChI is InChI=1S/C24H26N6O/c1-15(2)29-23-20(14-26-29)19(13-21(27-23)18-7-5-4-6-8-18)24(31)28-22-11-12-25-30(22)16(3)17-9-10-17/h4-8,11-17H,9-10H2,1-3H3,(H,28,31). The summed E-state index contributed by atoms with van der Waals surface area (Å²) in [4.78, 5) is 18.3. The van der Waals surface area contributed by atoms with E-state index in [0.29, 0.717) is 22.9 Å². The van der Waals surface area contributed by atoms with Gasteiger partial charge in [-0.15, -0.1) is 0 Å². The lowest BCUT2D eigenvalue weighted by Crippen LogP contribution is -2.19. The predicted octanol–water partition coefficient (Wildman–Crippen LogP) is 5.10. The van der Waals surface area contributed by atoms with E-state index in [1.165, 1.54) is 12.8 Å². The first-order chi connectivity index (χ1) is 15.0. The zero-order valence-electron chi connectivity index (χ0n) is 18.0. The number of benzene rings is 1. The zero-order valence-corrected chi connectivity index (χ0v) is 18.0. The third kappa shape index (κ3) is 3.60. The molecule has 0 aliphatic heterocycles. The third-order valence-electron chi connectivity index (χ3n) is 5.97. The van der Waals surface area contributed by atoms with Crippen LogP contribution in [0.15, 0.2) is 54.9 Å². The fourth-order valence-electron chi connectivity index (χ4n) is 4.04. The molecule has 1 fully saturated rings. The fourth-order valence-corrected chi connectivity index (χ4v) is 4.04. The van der Waals surface area contributed by atoms with Crippen LogP contribution in [-0.2, 0) is 0 Å². The Bertz CT molecular complexity index is 1240. The number of carbonyl (C=O) groups excluding carboxylic acids is 1. The topological polar surface area (TPSA) is 77.6 Å². The Morgan fingerprint density at radius 3 is 2.55 bits per heavy atom. The number of rotatable bonds is 6. The maximum atomic E-state index is 13.4. The van der Waals surface area contributed by atoms with E-state index in [2.05, 4.69) is 36.3 Å². The third-order valence-corrected chi connectivity index (χ3v) is 5.97. The van der Waals surface area contributed by atoms with Crippen LogP contribution < -0.4 is 5.32 Å². The predicted molar refractivity (Wildman–Crippen MR) is 121 cm³/mol. The monoisotopic (exact) mass is 414 g/mol. The van der Waals surface area contributed by atoms with Crippen molar-refractivity contribution in [1.82, 2.24) is 24.5 Å². The SMILES string of the molecule is CC(C1CC1)n1nccc1NC(=O)c1cc(-c2ccccc2)nc2c1cnn2C(C)C. The van der Waals surface area contributed by atoms with Crippen molar-refractivity contribution < 1.29 is 4.79 Å². The summed E-state index contributed by atoms with van der Waals surface area (Å²) < 4.78 is 3.78. The van der Waals surface area contributed by atoms with Gasteiger partial charge in [-0.05, 0) is 45.6 Å². The second-order valence-corrected chi connectivity index (χ2v) is 8.53. The average molecular weight is 415 g/mol. The van der Waals surface area contributed by atoms with Crippen LogP contribution in [0.2, 0.25) is 0 Å². The molecule has 158 valence electrons. The molecule has 1 N–H and O–H groups in total. The molecule has 3 heterocycles. The molecule has 4 aromatic rings. The molecule has 5 rings (SSSR count). The van der Waals surface area contributed by atoms with E-state index < -0.39 is 0 Å². The van der Waals surface area contributed by atoms with Gasteiger partial charge in [0.1, 0.15) is 5.82 Å². The van der Waals surface area contributed by atoms with Crippen molar-refractivity contribution in [3.05, 3.63) is 60.4 Å². The Labute approximate surface area is 181 Å². The summed E-state index contributed by atoms with van der Waals surface area (Å²) in [5.74, 6) is 1.17. The molecule has 31 heavy (non-hydrogen) atoms. The number of hydrogen-bond donors (Lipinski definition) is 1. The number of fused-ring (bicyclic) bond motifs is 1. The highest BCUT2D eigenvalue weighted by Crippen LogP contribution is 2.40. The first-order valence-corrected chi connectivity index (χ1v) is 10.8. The second-order valence-electron chi connectivity index (χ2n) is 8.53. The lowest BCUT2D eigenvalue weighted by molar-refractivity contribution is 0.102. The van der Waals surface area contributed by atoms with Crippen LogP contribution in [0.3, 0.4) is 0 Å². The van der Waals surface area contributed by atoms with Gasteiger partial charge in [0.25, 0.3) is 5.91 Å². The molecule has 0 bridgehead atoms. The van der Waals surface area contributed by atoms with Crippen molar-refractivity contribution in [1.29, 1.82) is 0 Å². The lowest BCUT2D eigenvalue weighted by Gasteiger charge is -2.16. The normalized spacial score (nSPS) is 14.8. The van der Waals surface area contributed by atoms with Crippen LogP contribution >= 0.6 is 0 Å². The Balaban J connectivity index is 1.57. The Kier molecular flexibility index (Phi) is 4.81. The highest BCUT2D eigenvalue weighted by atomic mass is 16.1. The maximum Gasteiger partial charge on any atom is 0.257 e. The minimum atomic E-state index is -0.183. The summed E-state index contributed by atoms with van der Waals surface area (Å²) in [7, 11) is 0. The highest BCUT2D eigenvalue weighted by Gasteiger charge is 2.31. The van der Waals surface area contributed by atoms with Gasteiger partial charge in [-0.1, -0.05) is 30.3 Å². The van der Waals surface area contributed by atoms with Crippen molar-refractivity contribution in [2.24, 2.45) is 5.92 Å². The average Bonchev–Trinajstić information content (AvgIpc) is 3.37. The summed E-state index contributed by atoms with van der Waals surface area (Å²) in [6.07, 6.45) is 5.90. The maximum absolute atomic E-state index is 13.4. The van der Waals surface area contributed by atoms with Gasteiger partial charge in [-0.2, -0.15) is 10.2 Å². The van der Waals surface area contributed by atoms with Gasteiger partial charge in [0.15, 0.2) is 5.65 Å². The second kappa shape index (κ2) is 7.65. The number of amides is 1. The van der Waals surface area contributed by atoms with E-state index in [9.17, 15) is 4.79 Å². The van der Waals surface area contributed by atoms with Gasteiger partial charge in [0.2, 0.25) is 0 Å². The van der Waals surface area contributed by atoms with Crippen LogP contribution in [-0.4, -0.2) is 30.5 Å². The van der Waals surface area contributed by atoms with E-state index in [4.69, 9.17) is 4.98 Å². The molecule has 0 saturated heterocycles. The number of nitrogens with zero attached hydrogens (tertiary/aromatic N) is 5. The van der Waals surface area contributed by atoms with Crippen molar-refractivity contribution in [2.45, 2.75) is 45.7 Å².